The van der Waals surface area contributed by atoms with Crippen LogP contribution in [0.25, 0.3) is 0 Å². The van der Waals surface area contributed by atoms with Crippen LogP contribution in [-0.2, 0) is 16.4 Å². The van der Waals surface area contributed by atoms with Crippen molar-refractivity contribution in [2.75, 3.05) is 22.3 Å². The van der Waals surface area contributed by atoms with Crippen molar-refractivity contribution in [3.8, 4) is 0 Å². The lowest BCUT2D eigenvalue weighted by molar-refractivity contribution is 0.600. The lowest BCUT2D eigenvalue weighted by atomic mass is 10.1. The molecule has 6 heteroatoms. The average Bonchev–Trinajstić information content (AvgIpc) is 2.50. The molecular weight excluding hydrogens is 315 g/mol. The quantitative estimate of drug-likeness (QED) is 0.774. The highest BCUT2D eigenvalue weighted by atomic mass is 32.2. The number of nitrogens with one attached hydrogen (secondary N) is 2. The predicted molar refractivity (Wildman–Crippen MR) is 92.7 cm³/mol. The van der Waals surface area contributed by atoms with Gasteiger partial charge in [0.15, 0.2) is 0 Å². The van der Waals surface area contributed by atoms with Crippen LogP contribution < -0.4 is 10.0 Å². The molecule has 0 spiro atoms. The molecule has 0 radical (unpaired) electrons. The van der Waals surface area contributed by atoms with Crippen molar-refractivity contribution >= 4 is 21.4 Å². The minimum atomic E-state index is -3.27. The molecule has 2 aromatic rings. The molecule has 0 fully saturated rings. The van der Waals surface area contributed by atoms with Crippen LogP contribution in [0.1, 0.15) is 18.9 Å². The Balaban J connectivity index is 1.87. The van der Waals surface area contributed by atoms with Crippen LogP contribution in [0.2, 0.25) is 0 Å². The van der Waals surface area contributed by atoms with E-state index in [4.69, 9.17) is 0 Å². The number of hydrogen-bond acceptors (Lipinski definition) is 3. The summed E-state index contributed by atoms with van der Waals surface area (Å²) in [5.74, 6) is -0.0923. The Bertz CT molecular complexity index is 731. The number of anilines is 2. The highest BCUT2D eigenvalue weighted by Gasteiger charge is 2.08. The number of rotatable bonds is 8. The van der Waals surface area contributed by atoms with Crippen LogP contribution in [0.15, 0.2) is 48.5 Å². The molecular formula is C17H21FN2O2S. The Kier molecular flexibility index (Phi) is 5.98. The second-order valence-electron chi connectivity index (χ2n) is 5.27. The van der Waals surface area contributed by atoms with Gasteiger partial charge in [-0.05, 0) is 48.7 Å². The van der Waals surface area contributed by atoms with Gasteiger partial charge in [-0.3, -0.25) is 4.72 Å². The Morgan fingerprint density at radius 3 is 2.30 bits per heavy atom. The molecule has 4 nitrogen and oxygen atoms in total. The summed E-state index contributed by atoms with van der Waals surface area (Å²) in [4.78, 5) is 0. The van der Waals surface area contributed by atoms with E-state index in [-0.39, 0.29) is 11.6 Å². The van der Waals surface area contributed by atoms with Crippen molar-refractivity contribution < 1.29 is 12.8 Å². The van der Waals surface area contributed by atoms with E-state index in [1.807, 2.05) is 13.0 Å². The minimum Gasteiger partial charge on any atom is -0.385 e. The van der Waals surface area contributed by atoms with Gasteiger partial charge in [0.05, 0.1) is 5.75 Å². The van der Waals surface area contributed by atoms with Crippen LogP contribution in [0.5, 0.6) is 0 Å². The molecule has 0 atom stereocenters. The first kappa shape index (κ1) is 17.3. The summed E-state index contributed by atoms with van der Waals surface area (Å²) < 4.78 is 39.4. The number of hydrogen-bond donors (Lipinski definition) is 2. The molecule has 2 rings (SSSR count). The van der Waals surface area contributed by atoms with E-state index in [2.05, 4.69) is 10.0 Å². The Morgan fingerprint density at radius 1 is 1.00 bits per heavy atom. The molecule has 0 heterocycles. The number of benzene rings is 2. The third-order valence-corrected chi connectivity index (χ3v) is 4.80. The van der Waals surface area contributed by atoms with E-state index >= 15 is 0 Å². The maximum absolute atomic E-state index is 13.5. The van der Waals surface area contributed by atoms with Gasteiger partial charge in [0.25, 0.3) is 0 Å². The van der Waals surface area contributed by atoms with Crippen molar-refractivity contribution in [1.82, 2.24) is 0 Å². The van der Waals surface area contributed by atoms with Crippen molar-refractivity contribution in [2.24, 2.45) is 0 Å². The zero-order chi connectivity index (χ0) is 16.7. The second kappa shape index (κ2) is 7.97. The molecule has 0 aliphatic heterocycles. The van der Waals surface area contributed by atoms with Gasteiger partial charge in [-0.2, -0.15) is 0 Å². The maximum atomic E-state index is 13.5. The summed E-state index contributed by atoms with van der Waals surface area (Å²) in [6, 6.07) is 13.7. The molecule has 2 N–H and O–H groups in total. The highest BCUT2D eigenvalue weighted by molar-refractivity contribution is 7.92. The Morgan fingerprint density at radius 2 is 1.65 bits per heavy atom. The number of sulfonamides is 1. The fourth-order valence-corrected chi connectivity index (χ4v) is 3.33. The molecule has 0 aliphatic rings. The van der Waals surface area contributed by atoms with Crippen molar-refractivity contribution in [3.05, 3.63) is 59.9 Å². The van der Waals surface area contributed by atoms with Crippen LogP contribution >= 0.6 is 0 Å². The van der Waals surface area contributed by atoms with Crippen molar-refractivity contribution in [1.29, 1.82) is 0 Å². The van der Waals surface area contributed by atoms with E-state index in [0.29, 0.717) is 30.6 Å². The largest absolute Gasteiger partial charge is 0.385 e. The third kappa shape index (κ3) is 5.56. The zero-order valence-electron chi connectivity index (χ0n) is 13.0. The van der Waals surface area contributed by atoms with Crippen molar-refractivity contribution in [3.63, 3.8) is 0 Å². The molecule has 0 amide bonds. The fraction of sp³-hybridized carbons (Fsp3) is 0.294. The van der Waals surface area contributed by atoms with Gasteiger partial charge in [-0.15, -0.1) is 0 Å². The van der Waals surface area contributed by atoms with Gasteiger partial charge >= 0.3 is 0 Å². The molecule has 124 valence electrons. The molecule has 0 aliphatic carbocycles. The maximum Gasteiger partial charge on any atom is 0.232 e. The van der Waals surface area contributed by atoms with E-state index in [1.54, 1.807) is 36.4 Å². The van der Waals surface area contributed by atoms with Gasteiger partial charge in [0, 0.05) is 17.9 Å². The Hall–Kier alpha value is -2.08. The van der Waals surface area contributed by atoms with Crippen LogP contribution in [-0.4, -0.2) is 20.7 Å². The Labute approximate surface area is 136 Å². The number of halogens is 1. The molecule has 0 bridgehead atoms. The molecule has 23 heavy (non-hydrogen) atoms. The van der Waals surface area contributed by atoms with Crippen molar-refractivity contribution in [2.45, 2.75) is 19.8 Å². The van der Waals surface area contributed by atoms with Gasteiger partial charge in [0.2, 0.25) is 10.0 Å². The van der Waals surface area contributed by atoms with Crippen LogP contribution in [0.3, 0.4) is 0 Å². The first-order valence-electron chi connectivity index (χ1n) is 7.58. The molecule has 0 unspecified atom stereocenters. The average molecular weight is 336 g/mol. The smallest absolute Gasteiger partial charge is 0.232 e. The molecule has 2 aromatic carbocycles. The molecule has 0 saturated carbocycles. The minimum absolute atomic E-state index is 0.107. The standard InChI is InChI=1S/C17H21FN2O2S/c1-2-13-23(21,22)20-16-9-7-15(8-10-16)19-12-11-14-5-3-4-6-17(14)18/h3-10,19-20H,2,11-13H2,1H3. The second-order valence-corrected chi connectivity index (χ2v) is 7.11. The monoisotopic (exact) mass is 336 g/mol. The zero-order valence-corrected chi connectivity index (χ0v) is 13.9. The molecule has 0 aromatic heterocycles. The van der Waals surface area contributed by atoms with E-state index in [0.717, 1.165) is 5.69 Å². The van der Waals surface area contributed by atoms with E-state index < -0.39 is 10.0 Å². The topological polar surface area (TPSA) is 58.2 Å². The first-order valence-corrected chi connectivity index (χ1v) is 9.23. The van der Waals surface area contributed by atoms with Gasteiger partial charge in [-0.25, -0.2) is 12.8 Å². The summed E-state index contributed by atoms with van der Waals surface area (Å²) in [5.41, 5.74) is 2.07. The third-order valence-electron chi connectivity index (χ3n) is 3.31. The summed E-state index contributed by atoms with van der Waals surface area (Å²) in [7, 11) is -3.27. The van der Waals surface area contributed by atoms with Crippen LogP contribution in [0.4, 0.5) is 15.8 Å². The normalized spacial score (nSPS) is 11.2. The van der Waals surface area contributed by atoms with Crippen LogP contribution in [0, 0.1) is 5.82 Å². The predicted octanol–water partition coefficient (Wildman–Crippen LogP) is 3.63. The highest BCUT2D eigenvalue weighted by Crippen LogP contribution is 2.15. The first-order chi connectivity index (χ1) is 11.0. The summed E-state index contributed by atoms with van der Waals surface area (Å²) in [6.07, 6.45) is 1.16. The molecule has 0 saturated heterocycles. The van der Waals surface area contributed by atoms with Gasteiger partial charge in [0.1, 0.15) is 5.82 Å². The van der Waals surface area contributed by atoms with Gasteiger partial charge in [-0.1, -0.05) is 25.1 Å². The van der Waals surface area contributed by atoms with E-state index in [9.17, 15) is 12.8 Å². The fourth-order valence-electron chi connectivity index (χ4n) is 2.20. The summed E-state index contributed by atoms with van der Waals surface area (Å²) in [5, 5.41) is 3.19. The van der Waals surface area contributed by atoms with Gasteiger partial charge < -0.3 is 5.32 Å². The summed E-state index contributed by atoms with van der Waals surface area (Å²) >= 11 is 0. The SMILES string of the molecule is CCCS(=O)(=O)Nc1ccc(NCCc2ccccc2F)cc1. The summed E-state index contributed by atoms with van der Waals surface area (Å²) in [6.45, 7) is 2.42. The lowest BCUT2D eigenvalue weighted by Gasteiger charge is -2.10. The lowest BCUT2D eigenvalue weighted by Crippen LogP contribution is -2.16. The van der Waals surface area contributed by atoms with E-state index in [1.165, 1.54) is 6.07 Å².